The molecule has 6 heteroatoms. The van der Waals surface area contributed by atoms with Crippen LogP contribution in [-0.4, -0.2) is 20.1 Å². The van der Waals surface area contributed by atoms with E-state index in [1.807, 2.05) is 11.6 Å². The minimum absolute atomic E-state index is 0.0268. The second-order valence-electron chi connectivity index (χ2n) is 4.92. The van der Waals surface area contributed by atoms with Gasteiger partial charge in [0.1, 0.15) is 5.60 Å². The van der Waals surface area contributed by atoms with Crippen LogP contribution in [0.5, 0.6) is 0 Å². The molecule has 100 valence electrons. The van der Waals surface area contributed by atoms with E-state index in [-0.39, 0.29) is 4.90 Å². The molecule has 0 aromatic heterocycles. The maximum absolute atomic E-state index is 11.8. The molecule has 1 N–H and O–H groups in total. The van der Waals surface area contributed by atoms with Gasteiger partial charge >= 0.3 is 6.09 Å². The zero-order valence-corrected chi connectivity index (χ0v) is 11.7. The summed E-state index contributed by atoms with van der Waals surface area (Å²) in [6.07, 6.45) is -0.983. The average Bonchev–Trinajstić information content (AvgIpc) is 2.13. The summed E-state index contributed by atoms with van der Waals surface area (Å²) < 4.78 is 30.4. The van der Waals surface area contributed by atoms with Crippen molar-refractivity contribution in [3.63, 3.8) is 0 Å². The van der Waals surface area contributed by atoms with Crippen LogP contribution < -0.4 is 4.72 Å². The molecule has 0 bridgehead atoms. The third-order valence-corrected chi connectivity index (χ3v) is 3.28. The van der Waals surface area contributed by atoms with Crippen LogP contribution in [0.3, 0.4) is 0 Å². The molecule has 0 aliphatic heterocycles. The lowest BCUT2D eigenvalue weighted by Crippen LogP contribution is -2.36. The van der Waals surface area contributed by atoms with Crippen molar-refractivity contribution in [2.45, 2.75) is 38.2 Å². The van der Waals surface area contributed by atoms with E-state index in [0.717, 1.165) is 5.56 Å². The van der Waals surface area contributed by atoms with E-state index in [0.29, 0.717) is 0 Å². The van der Waals surface area contributed by atoms with Gasteiger partial charge < -0.3 is 4.74 Å². The van der Waals surface area contributed by atoms with Gasteiger partial charge in [-0.15, -0.1) is 0 Å². The van der Waals surface area contributed by atoms with Crippen molar-refractivity contribution in [2.24, 2.45) is 0 Å². The molecule has 0 heterocycles. The molecule has 18 heavy (non-hydrogen) atoms. The number of hydrogen-bond donors (Lipinski definition) is 1. The van der Waals surface area contributed by atoms with Crippen LogP contribution >= 0.6 is 0 Å². The molecule has 0 aliphatic rings. The SMILES string of the molecule is Cc1ccc(S(=O)(=O)NC(=O)OC(C)(C)C)cc1. The molecular formula is C12H17NO4S. The Morgan fingerprint density at radius 2 is 1.67 bits per heavy atom. The summed E-state index contributed by atoms with van der Waals surface area (Å²) in [5.74, 6) is 0. The summed E-state index contributed by atoms with van der Waals surface area (Å²) in [5.41, 5.74) is 0.193. The number of benzene rings is 1. The van der Waals surface area contributed by atoms with Crippen molar-refractivity contribution in [1.29, 1.82) is 0 Å². The van der Waals surface area contributed by atoms with E-state index in [2.05, 4.69) is 0 Å². The van der Waals surface area contributed by atoms with Crippen LogP contribution in [0.25, 0.3) is 0 Å². The summed E-state index contributed by atoms with van der Waals surface area (Å²) >= 11 is 0. The first-order valence-corrected chi connectivity index (χ1v) is 6.91. The number of nitrogens with one attached hydrogen (secondary N) is 1. The predicted octanol–water partition coefficient (Wildman–Crippen LogP) is 2.21. The number of ether oxygens (including phenoxy) is 1. The monoisotopic (exact) mass is 271 g/mol. The molecule has 0 radical (unpaired) electrons. The number of sulfonamides is 1. The molecule has 5 nitrogen and oxygen atoms in total. The van der Waals surface area contributed by atoms with E-state index in [4.69, 9.17) is 4.74 Å². The molecule has 1 aromatic carbocycles. The number of amides is 1. The largest absolute Gasteiger partial charge is 0.443 e. The Morgan fingerprint density at radius 1 is 1.17 bits per heavy atom. The highest BCUT2D eigenvalue weighted by atomic mass is 32.2. The van der Waals surface area contributed by atoms with Crippen LogP contribution in [0.2, 0.25) is 0 Å². The lowest BCUT2D eigenvalue weighted by atomic mass is 10.2. The molecule has 1 amide bonds. The normalized spacial score (nSPS) is 12.0. The molecule has 0 atom stereocenters. The highest BCUT2D eigenvalue weighted by molar-refractivity contribution is 7.90. The zero-order valence-electron chi connectivity index (χ0n) is 10.9. The van der Waals surface area contributed by atoms with Crippen molar-refractivity contribution >= 4 is 16.1 Å². The lowest BCUT2D eigenvalue weighted by molar-refractivity contribution is 0.0570. The summed E-state index contributed by atoms with van der Waals surface area (Å²) in [6, 6.07) is 6.18. The quantitative estimate of drug-likeness (QED) is 0.895. The van der Waals surface area contributed by atoms with Gasteiger partial charge in [0, 0.05) is 0 Å². The summed E-state index contributed by atoms with van der Waals surface area (Å²) in [6.45, 7) is 6.82. The Kier molecular flexibility index (Phi) is 4.01. The average molecular weight is 271 g/mol. The fourth-order valence-electron chi connectivity index (χ4n) is 1.18. The number of hydrogen-bond acceptors (Lipinski definition) is 4. The fourth-order valence-corrected chi connectivity index (χ4v) is 2.06. The van der Waals surface area contributed by atoms with Gasteiger partial charge in [-0.2, -0.15) is 0 Å². The van der Waals surface area contributed by atoms with E-state index in [9.17, 15) is 13.2 Å². The highest BCUT2D eigenvalue weighted by Gasteiger charge is 2.22. The van der Waals surface area contributed by atoms with Gasteiger partial charge in [-0.05, 0) is 39.8 Å². The molecular weight excluding hydrogens is 254 g/mol. The van der Waals surface area contributed by atoms with Gasteiger partial charge in [0.15, 0.2) is 0 Å². The molecule has 1 aromatic rings. The van der Waals surface area contributed by atoms with E-state index >= 15 is 0 Å². The highest BCUT2D eigenvalue weighted by Crippen LogP contribution is 2.12. The predicted molar refractivity (Wildman–Crippen MR) is 67.7 cm³/mol. The zero-order chi connectivity index (χ0) is 14.0. The van der Waals surface area contributed by atoms with Crippen molar-refractivity contribution < 1.29 is 17.9 Å². The Labute approximate surface area is 107 Å². The second kappa shape index (κ2) is 4.97. The molecule has 0 saturated heterocycles. The van der Waals surface area contributed by atoms with Gasteiger partial charge in [-0.3, -0.25) is 0 Å². The van der Waals surface area contributed by atoms with E-state index in [1.165, 1.54) is 12.1 Å². The fraction of sp³-hybridized carbons (Fsp3) is 0.417. The van der Waals surface area contributed by atoms with Crippen molar-refractivity contribution in [1.82, 2.24) is 4.72 Å². The first kappa shape index (κ1) is 14.5. The topological polar surface area (TPSA) is 72.5 Å². The van der Waals surface area contributed by atoms with E-state index < -0.39 is 21.7 Å². The number of aryl methyl sites for hydroxylation is 1. The maximum atomic E-state index is 11.8. The third-order valence-electron chi connectivity index (χ3n) is 1.95. The van der Waals surface area contributed by atoms with Crippen molar-refractivity contribution in [3.05, 3.63) is 29.8 Å². The number of carbonyl (C=O) groups excluding carboxylic acids is 1. The third kappa shape index (κ3) is 4.37. The molecule has 0 unspecified atom stereocenters. The minimum atomic E-state index is -3.87. The van der Waals surface area contributed by atoms with Gasteiger partial charge in [0.2, 0.25) is 0 Å². The van der Waals surface area contributed by atoms with E-state index in [1.54, 1.807) is 32.9 Å². The molecule has 0 fully saturated rings. The summed E-state index contributed by atoms with van der Waals surface area (Å²) in [7, 11) is -3.87. The Morgan fingerprint density at radius 3 is 2.11 bits per heavy atom. The Hall–Kier alpha value is -1.56. The van der Waals surface area contributed by atoms with Gasteiger partial charge in [-0.1, -0.05) is 17.7 Å². The molecule has 0 saturated carbocycles. The van der Waals surface area contributed by atoms with Crippen LogP contribution in [0.15, 0.2) is 29.2 Å². The van der Waals surface area contributed by atoms with Gasteiger partial charge in [-0.25, -0.2) is 17.9 Å². The standard InChI is InChI=1S/C12H17NO4S/c1-9-5-7-10(8-6-9)18(15,16)13-11(14)17-12(2,3)4/h5-8H,1-4H3,(H,13,14). The smallest absolute Gasteiger partial charge is 0.421 e. The molecule has 0 aliphatic carbocycles. The molecule has 0 spiro atoms. The van der Waals surface area contributed by atoms with Gasteiger partial charge in [0.05, 0.1) is 4.90 Å². The minimum Gasteiger partial charge on any atom is -0.443 e. The Balaban J connectivity index is 2.83. The van der Waals surface area contributed by atoms with Crippen LogP contribution in [0.1, 0.15) is 26.3 Å². The van der Waals surface area contributed by atoms with Crippen LogP contribution in [0.4, 0.5) is 4.79 Å². The summed E-state index contributed by atoms with van der Waals surface area (Å²) in [5, 5.41) is 0. The summed E-state index contributed by atoms with van der Waals surface area (Å²) in [4.78, 5) is 11.4. The van der Waals surface area contributed by atoms with Crippen LogP contribution in [0, 0.1) is 6.92 Å². The first-order chi connectivity index (χ1) is 8.10. The Bertz CT molecular complexity index is 526. The number of carbonyl (C=O) groups is 1. The van der Waals surface area contributed by atoms with Crippen LogP contribution in [-0.2, 0) is 14.8 Å². The first-order valence-electron chi connectivity index (χ1n) is 5.43. The maximum Gasteiger partial charge on any atom is 0.421 e. The van der Waals surface area contributed by atoms with Crippen molar-refractivity contribution in [3.8, 4) is 0 Å². The molecule has 1 rings (SSSR count). The van der Waals surface area contributed by atoms with Gasteiger partial charge in [0.25, 0.3) is 10.0 Å². The second-order valence-corrected chi connectivity index (χ2v) is 6.60. The number of rotatable bonds is 2. The lowest BCUT2D eigenvalue weighted by Gasteiger charge is -2.19. The van der Waals surface area contributed by atoms with Crippen molar-refractivity contribution in [2.75, 3.05) is 0 Å².